The molecule has 1 atom stereocenters. The fourth-order valence-electron chi connectivity index (χ4n) is 2.26. The van der Waals surface area contributed by atoms with Crippen LogP contribution in [0.4, 0.5) is 0 Å². The number of amides is 2. The zero-order valence-corrected chi connectivity index (χ0v) is 16.3. The third-order valence-corrected chi connectivity index (χ3v) is 3.81. The number of methoxy groups -OCH3 is 1. The van der Waals surface area contributed by atoms with Gasteiger partial charge in [0.2, 0.25) is 0 Å². The van der Waals surface area contributed by atoms with Crippen LogP contribution in [0.2, 0.25) is 0 Å². The Hall–Kier alpha value is -3.35. The molecular formula is C21H25N3O4. The van der Waals surface area contributed by atoms with Gasteiger partial charge in [-0.2, -0.15) is 5.10 Å². The summed E-state index contributed by atoms with van der Waals surface area (Å²) in [6.45, 7) is 4.27. The van der Waals surface area contributed by atoms with E-state index in [1.54, 1.807) is 38.3 Å². The quantitative estimate of drug-likeness (QED) is 0.515. The molecule has 7 nitrogen and oxygen atoms in total. The number of ether oxygens (including phenoxy) is 2. The van der Waals surface area contributed by atoms with Gasteiger partial charge in [0, 0.05) is 5.56 Å². The van der Waals surface area contributed by atoms with Crippen molar-refractivity contribution in [1.82, 2.24) is 10.7 Å². The first-order valence-electron chi connectivity index (χ1n) is 9.04. The normalized spacial score (nSPS) is 11.7. The van der Waals surface area contributed by atoms with E-state index in [4.69, 9.17) is 9.47 Å². The van der Waals surface area contributed by atoms with E-state index in [9.17, 15) is 9.59 Å². The average molecular weight is 383 g/mol. The van der Waals surface area contributed by atoms with Gasteiger partial charge in [-0.1, -0.05) is 19.1 Å². The molecule has 0 saturated heterocycles. The van der Waals surface area contributed by atoms with Crippen LogP contribution in [0.3, 0.4) is 0 Å². The SMILES string of the molecule is CCCOc1cccc(C=NNC(=O)C(C)NC(=O)c2ccc(OC)cc2)c1. The number of benzene rings is 2. The maximum atomic E-state index is 12.2. The second-order valence-corrected chi connectivity index (χ2v) is 6.08. The van der Waals surface area contributed by atoms with Gasteiger partial charge in [-0.3, -0.25) is 9.59 Å². The number of hydrogen-bond acceptors (Lipinski definition) is 5. The monoisotopic (exact) mass is 383 g/mol. The van der Waals surface area contributed by atoms with Crippen molar-refractivity contribution in [3.63, 3.8) is 0 Å². The van der Waals surface area contributed by atoms with Crippen LogP contribution in [-0.2, 0) is 4.79 Å². The highest BCUT2D eigenvalue weighted by Gasteiger charge is 2.16. The van der Waals surface area contributed by atoms with E-state index < -0.39 is 11.9 Å². The predicted molar refractivity (Wildman–Crippen MR) is 108 cm³/mol. The standard InChI is InChI=1S/C21H25N3O4/c1-4-12-28-19-7-5-6-16(13-19)14-22-24-20(25)15(2)23-21(26)17-8-10-18(27-3)11-9-17/h5-11,13-15H,4,12H2,1-3H3,(H,23,26)(H,24,25). The van der Waals surface area contributed by atoms with Crippen LogP contribution in [-0.4, -0.2) is 37.8 Å². The fourth-order valence-corrected chi connectivity index (χ4v) is 2.26. The van der Waals surface area contributed by atoms with Gasteiger partial charge in [0.15, 0.2) is 0 Å². The number of carbonyl (C=O) groups is 2. The molecule has 7 heteroatoms. The Kier molecular flexibility index (Phi) is 8.02. The van der Waals surface area contributed by atoms with Gasteiger partial charge in [-0.05, 0) is 55.3 Å². The molecule has 0 aliphatic rings. The summed E-state index contributed by atoms with van der Waals surface area (Å²) < 4.78 is 10.6. The van der Waals surface area contributed by atoms with Crippen molar-refractivity contribution < 1.29 is 19.1 Å². The maximum absolute atomic E-state index is 12.2. The molecule has 0 bridgehead atoms. The first kappa shape index (κ1) is 21.0. The smallest absolute Gasteiger partial charge is 0.262 e. The third-order valence-electron chi connectivity index (χ3n) is 3.81. The van der Waals surface area contributed by atoms with E-state index in [1.807, 2.05) is 31.2 Å². The van der Waals surface area contributed by atoms with Gasteiger partial charge in [0.05, 0.1) is 19.9 Å². The molecule has 2 aromatic rings. The second kappa shape index (κ2) is 10.7. The van der Waals surface area contributed by atoms with Crippen LogP contribution in [0.5, 0.6) is 11.5 Å². The number of hydrogen-bond donors (Lipinski definition) is 2. The first-order valence-corrected chi connectivity index (χ1v) is 9.04. The number of nitrogens with one attached hydrogen (secondary N) is 2. The second-order valence-electron chi connectivity index (χ2n) is 6.08. The molecule has 148 valence electrons. The average Bonchev–Trinajstić information content (AvgIpc) is 2.72. The molecule has 2 rings (SSSR count). The first-order chi connectivity index (χ1) is 13.5. The van der Waals surface area contributed by atoms with E-state index in [2.05, 4.69) is 15.8 Å². The highest BCUT2D eigenvalue weighted by Crippen LogP contribution is 2.12. The van der Waals surface area contributed by atoms with Crippen molar-refractivity contribution in [2.45, 2.75) is 26.3 Å². The summed E-state index contributed by atoms with van der Waals surface area (Å²) in [6, 6.07) is 13.3. The Labute approximate surface area is 164 Å². The minimum Gasteiger partial charge on any atom is -0.497 e. The highest BCUT2D eigenvalue weighted by atomic mass is 16.5. The van der Waals surface area contributed by atoms with E-state index >= 15 is 0 Å². The minimum absolute atomic E-state index is 0.352. The van der Waals surface area contributed by atoms with Crippen molar-refractivity contribution in [3.8, 4) is 11.5 Å². The lowest BCUT2D eigenvalue weighted by Gasteiger charge is -2.12. The molecule has 1 unspecified atom stereocenters. The van der Waals surface area contributed by atoms with E-state index in [0.29, 0.717) is 17.9 Å². The molecule has 2 amide bonds. The van der Waals surface area contributed by atoms with Gasteiger partial charge in [0.25, 0.3) is 11.8 Å². The van der Waals surface area contributed by atoms with Crippen molar-refractivity contribution in [3.05, 3.63) is 59.7 Å². The van der Waals surface area contributed by atoms with Crippen molar-refractivity contribution in [2.24, 2.45) is 5.10 Å². The molecule has 0 aliphatic heterocycles. The maximum Gasteiger partial charge on any atom is 0.262 e. The van der Waals surface area contributed by atoms with Gasteiger partial charge in [0.1, 0.15) is 17.5 Å². The molecule has 0 heterocycles. The molecule has 0 fully saturated rings. The molecule has 2 N–H and O–H groups in total. The van der Waals surface area contributed by atoms with Crippen LogP contribution in [0, 0.1) is 0 Å². The number of nitrogens with zero attached hydrogens (tertiary/aromatic N) is 1. The van der Waals surface area contributed by atoms with E-state index in [1.165, 1.54) is 6.21 Å². The summed E-state index contributed by atoms with van der Waals surface area (Å²) in [7, 11) is 1.55. The summed E-state index contributed by atoms with van der Waals surface area (Å²) in [5, 5.41) is 6.57. The number of rotatable bonds is 9. The van der Waals surface area contributed by atoms with Crippen LogP contribution < -0.4 is 20.2 Å². The van der Waals surface area contributed by atoms with Gasteiger partial charge < -0.3 is 14.8 Å². The Morgan fingerprint density at radius 3 is 2.57 bits per heavy atom. The molecule has 0 aliphatic carbocycles. The molecule has 2 aromatic carbocycles. The Balaban J connectivity index is 1.86. The summed E-state index contributed by atoms with van der Waals surface area (Å²) in [4.78, 5) is 24.3. The zero-order chi connectivity index (χ0) is 20.4. The number of hydrazone groups is 1. The van der Waals surface area contributed by atoms with Crippen LogP contribution in [0.1, 0.15) is 36.2 Å². The molecule has 0 aromatic heterocycles. The zero-order valence-electron chi connectivity index (χ0n) is 16.3. The number of carbonyl (C=O) groups excluding carboxylic acids is 2. The van der Waals surface area contributed by atoms with Crippen LogP contribution in [0.25, 0.3) is 0 Å². The lowest BCUT2D eigenvalue weighted by atomic mass is 10.2. The van der Waals surface area contributed by atoms with Crippen LogP contribution in [0.15, 0.2) is 53.6 Å². The summed E-state index contributed by atoms with van der Waals surface area (Å²) >= 11 is 0. The lowest BCUT2D eigenvalue weighted by Crippen LogP contribution is -2.43. The molecule has 0 spiro atoms. The third kappa shape index (κ3) is 6.42. The van der Waals surface area contributed by atoms with Crippen molar-refractivity contribution in [1.29, 1.82) is 0 Å². The van der Waals surface area contributed by atoms with Crippen LogP contribution >= 0.6 is 0 Å². The van der Waals surface area contributed by atoms with Gasteiger partial charge in [-0.25, -0.2) is 5.43 Å². The fraction of sp³-hybridized carbons (Fsp3) is 0.286. The Bertz CT molecular complexity index is 819. The predicted octanol–water partition coefficient (Wildman–Crippen LogP) is 2.75. The molecule has 0 radical (unpaired) electrons. The molecule has 0 saturated carbocycles. The van der Waals surface area contributed by atoms with Crippen molar-refractivity contribution >= 4 is 18.0 Å². The summed E-state index contributed by atoms with van der Waals surface area (Å²) in [5.41, 5.74) is 3.66. The summed E-state index contributed by atoms with van der Waals surface area (Å²) in [6.07, 6.45) is 2.45. The lowest BCUT2D eigenvalue weighted by molar-refractivity contribution is -0.122. The Morgan fingerprint density at radius 1 is 1.14 bits per heavy atom. The molecular weight excluding hydrogens is 358 g/mol. The van der Waals surface area contributed by atoms with Gasteiger partial charge >= 0.3 is 0 Å². The molecule has 28 heavy (non-hydrogen) atoms. The van der Waals surface area contributed by atoms with E-state index in [0.717, 1.165) is 17.7 Å². The van der Waals surface area contributed by atoms with Crippen molar-refractivity contribution in [2.75, 3.05) is 13.7 Å². The minimum atomic E-state index is -0.744. The highest BCUT2D eigenvalue weighted by molar-refractivity contribution is 5.97. The van der Waals surface area contributed by atoms with E-state index in [-0.39, 0.29) is 5.91 Å². The van der Waals surface area contributed by atoms with Gasteiger partial charge in [-0.15, -0.1) is 0 Å². The topological polar surface area (TPSA) is 89.0 Å². The largest absolute Gasteiger partial charge is 0.497 e. The Morgan fingerprint density at radius 2 is 1.89 bits per heavy atom. The summed E-state index contributed by atoms with van der Waals surface area (Å²) in [5.74, 6) is 0.629.